The van der Waals surface area contributed by atoms with Crippen LogP contribution >= 0.6 is 24.8 Å². The van der Waals surface area contributed by atoms with Gasteiger partial charge in [-0.3, -0.25) is 4.98 Å². The molecule has 1 aromatic heterocycles. The summed E-state index contributed by atoms with van der Waals surface area (Å²) in [7, 11) is 0. The second-order valence-electron chi connectivity index (χ2n) is 5.79. The molecule has 0 radical (unpaired) electrons. The van der Waals surface area contributed by atoms with Crippen LogP contribution in [0.3, 0.4) is 0 Å². The molecule has 2 fully saturated rings. The first-order valence-electron chi connectivity index (χ1n) is 7.23. The average molecular weight is 329 g/mol. The van der Waals surface area contributed by atoms with Crippen molar-refractivity contribution in [3.05, 3.63) is 36.2 Å². The van der Waals surface area contributed by atoms with Gasteiger partial charge < -0.3 is 15.5 Å². The number of piperazine rings is 1. The van der Waals surface area contributed by atoms with E-state index in [9.17, 15) is 0 Å². The number of fused-ring (bicyclic) bond motifs is 2. The number of hydrogen-bond donors (Lipinski definition) is 2. The monoisotopic (exact) mass is 328 g/mol. The molecule has 4 rings (SSSR count). The Morgan fingerprint density at radius 1 is 1.14 bits per heavy atom. The summed E-state index contributed by atoms with van der Waals surface area (Å²) >= 11 is 0. The maximum atomic E-state index is 4.46. The Morgan fingerprint density at radius 3 is 2.71 bits per heavy atom. The molecular formula is C15H22Cl2N4. The summed E-state index contributed by atoms with van der Waals surface area (Å²) in [5.41, 5.74) is 2.61. The Morgan fingerprint density at radius 2 is 2.05 bits per heavy atom. The molecule has 0 amide bonds. The lowest BCUT2D eigenvalue weighted by Crippen LogP contribution is -2.43. The number of nitrogens with zero attached hydrogens (tertiary/aromatic N) is 2. The molecule has 3 atom stereocenters. The van der Waals surface area contributed by atoms with E-state index in [1.807, 2.05) is 12.4 Å². The van der Waals surface area contributed by atoms with E-state index in [0.717, 1.165) is 26.1 Å². The molecule has 1 aromatic rings. The second-order valence-corrected chi connectivity index (χ2v) is 5.79. The minimum atomic E-state index is 0. The van der Waals surface area contributed by atoms with Gasteiger partial charge in [-0.25, -0.2) is 0 Å². The largest absolute Gasteiger partial charge is 0.364 e. The molecule has 3 unspecified atom stereocenters. The third-order valence-electron chi connectivity index (χ3n) is 4.56. The minimum Gasteiger partial charge on any atom is -0.364 e. The van der Waals surface area contributed by atoms with Gasteiger partial charge >= 0.3 is 0 Å². The van der Waals surface area contributed by atoms with E-state index >= 15 is 0 Å². The molecule has 21 heavy (non-hydrogen) atoms. The van der Waals surface area contributed by atoms with Crippen LogP contribution in [0, 0.1) is 0 Å². The van der Waals surface area contributed by atoms with Gasteiger partial charge in [-0.05, 0) is 24.5 Å². The Balaban J connectivity index is 0.000000807. The fourth-order valence-corrected chi connectivity index (χ4v) is 3.53. The summed E-state index contributed by atoms with van der Waals surface area (Å²) in [6.45, 7) is 3.22. The van der Waals surface area contributed by atoms with Crippen molar-refractivity contribution in [2.45, 2.75) is 31.0 Å². The molecule has 3 aliphatic rings. The zero-order chi connectivity index (χ0) is 12.7. The Kier molecular flexibility index (Phi) is 5.49. The van der Waals surface area contributed by atoms with E-state index in [1.54, 1.807) is 0 Å². The van der Waals surface area contributed by atoms with Crippen LogP contribution in [-0.2, 0) is 0 Å². The van der Waals surface area contributed by atoms with Gasteiger partial charge in [-0.15, -0.1) is 24.8 Å². The van der Waals surface area contributed by atoms with Crippen molar-refractivity contribution in [3.8, 4) is 0 Å². The third kappa shape index (κ3) is 3.19. The first kappa shape index (κ1) is 16.6. The van der Waals surface area contributed by atoms with Crippen LogP contribution in [0.15, 0.2) is 30.6 Å². The van der Waals surface area contributed by atoms with E-state index in [4.69, 9.17) is 0 Å². The van der Waals surface area contributed by atoms with Crippen LogP contribution in [0.1, 0.15) is 24.4 Å². The quantitative estimate of drug-likeness (QED) is 0.815. The summed E-state index contributed by atoms with van der Waals surface area (Å²) in [6, 6.07) is 4.10. The lowest BCUT2D eigenvalue weighted by Gasteiger charge is -2.30. The zero-order valence-corrected chi connectivity index (χ0v) is 13.5. The standard InChI is InChI=1S/C15H20N4.2ClH/c1-2-4-17-15(3-1)11-5-13(8-16-7-11)19-10-12-6-14(19)9-18-12;;/h1-2,5,7-8,12,14-15,17-18H,3-4,6,9-10H2;2*1H. The highest BCUT2D eigenvalue weighted by Gasteiger charge is 2.37. The molecule has 0 aliphatic carbocycles. The molecule has 2 saturated heterocycles. The number of halogens is 2. The van der Waals surface area contributed by atoms with Crippen LogP contribution < -0.4 is 15.5 Å². The lowest BCUT2D eigenvalue weighted by molar-refractivity contribution is 0.551. The van der Waals surface area contributed by atoms with E-state index in [0.29, 0.717) is 18.1 Å². The summed E-state index contributed by atoms with van der Waals surface area (Å²) in [4.78, 5) is 6.99. The first-order valence-corrected chi connectivity index (χ1v) is 7.23. The molecule has 2 N–H and O–H groups in total. The maximum absolute atomic E-state index is 4.46. The van der Waals surface area contributed by atoms with Crippen LogP contribution in [0.5, 0.6) is 0 Å². The first-order chi connectivity index (χ1) is 9.40. The van der Waals surface area contributed by atoms with Gasteiger partial charge in [0.1, 0.15) is 0 Å². The Hall–Kier alpha value is -0.810. The normalized spacial score (nSPS) is 29.9. The summed E-state index contributed by atoms with van der Waals surface area (Å²) in [5, 5.41) is 7.08. The van der Waals surface area contributed by atoms with E-state index in [1.165, 1.54) is 17.7 Å². The molecule has 6 heteroatoms. The van der Waals surface area contributed by atoms with E-state index in [2.05, 4.69) is 38.7 Å². The summed E-state index contributed by atoms with van der Waals surface area (Å²) in [5.74, 6) is 0. The third-order valence-corrected chi connectivity index (χ3v) is 4.56. The van der Waals surface area contributed by atoms with Gasteiger partial charge in [0.05, 0.1) is 11.9 Å². The van der Waals surface area contributed by atoms with Crippen LogP contribution in [0.25, 0.3) is 0 Å². The highest BCUT2D eigenvalue weighted by molar-refractivity contribution is 5.85. The van der Waals surface area contributed by atoms with Crippen molar-refractivity contribution in [2.24, 2.45) is 0 Å². The van der Waals surface area contributed by atoms with E-state index < -0.39 is 0 Å². The van der Waals surface area contributed by atoms with Gasteiger partial charge in [0.2, 0.25) is 0 Å². The second kappa shape index (κ2) is 6.97. The number of hydrogen-bond acceptors (Lipinski definition) is 4. The summed E-state index contributed by atoms with van der Waals surface area (Å²) in [6.07, 6.45) is 10.8. The number of pyridine rings is 1. The number of nitrogens with one attached hydrogen (secondary N) is 2. The predicted octanol–water partition coefficient (Wildman–Crippen LogP) is 2.07. The smallest absolute Gasteiger partial charge is 0.0559 e. The Labute approximate surface area is 138 Å². The molecule has 3 aliphatic heterocycles. The molecule has 116 valence electrons. The minimum absolute atomic E-state index is 0. The topological polar surface area (TPSA) is 40.2 Å². The molecule has 0 saturated carbocycles. The molecule has 4 nitrogen and oxygen atoms in total. The van der Waals surface area contributed by atoms with Crippen molar-refractivity contribution in [2.75, 3.05) is 24.5 Å². The highest BCUT2D eigenvalue weighted by Crippen LogP contribution is 2.31. The van der Waals surface area contributed by atoms with Crippen molar-refractivity contribution in [1.82, 2.24) is 15.6 Å². The molecule has 2 bridgehead atoms. The highest BCUT2D eigenvalue weighted by atomic mass is 35.5. The average Bonchev–Trinajstić information content (AvgIpc) is 3.11. The maximum Gasteiger partial charge on any atom is 0.0559 e. The van der Waals surface area contributed by atoms with Gasteiger partial charge in [0, 0.05) is 44.0 Å². The number of anilines is 1. The van der Waals surface area contributed by atoms with Gasteiger partial charge in [-0.2, -0.15) is 0 Å². The number of aromatic nitrogens is 1. The van der Waals surface area contributed by atoms with Crippen LogP contribution in [-0.4, -0.2) is 36.7 Å². The summed E-state index contributed by atoms with van der Waals surface area (Å²) < 4.78 is 0. The van der Waals surface area contributed by atoms with Crippen molar-refractivity contribution < 1.29 is 0 Å². The molecule has 0 spiro atoms. The fraction of sp³-hybridized carbons (Fsp3) is 0.533. The molecule has 0 aromatic carbocycles. The fourth-order valence-electron chi connectivity index (χ4n) is 3.53. The van der Waals surface area contributed by atoms with Crippen LogP contribution in [0.4, 0.5) is 5.69 Å². The van der Waals surface area contributed by atoms with Crippen molar-refractivity contribution >= 4 is 30.5 Å². The predicted molar refractivity (Wildman–Crippen MR) is 90.8 cm³/mol. The molecule has 4 heterocycles. The van der Waals surface area contributed by atoms with Crippen LogP contribution in [0.2, 0.25) is 0 Å². The van der Waals surface area contributed by atoms with E-state index in [-0.39, 0.29) is 24.8 Å². The number of rotatable bonds is 2. The zero-order valence-electron chi connectivity index (χ0n) is 11.9. The molecular weight excluding hydrogens is 307 g/mol. The van der Waals surface area contributed by atoms with Gasteiger partial charge in [0.25, 0.3) is 0 Å². The van der Waals surface area contributed by atoms with Gasteiger partial charge in [0.15, 0.2) is 0 Å². The van der Waals surface area contributed by atoms with Crippen molar-refractivity contribution in [3.63, 3.8) is 0 Å². The Bertz CT molecular complexity index is 508. The SMILES string of the molecule is C1=CCC(c2cncc(N3CC4CC3CN4)c2)NC1.Cl.Cl. The lowest BCUT2D eigenvalue weighted by atomic mass is 10.0. The van der Waals surface area contributed by atoms with Crippen molar-refractivity contribution in [1.29, 1.82) is 0 Å². The van der Waals surface area contributed by atoms with Gasteiger partial charge in [-0.1, -0.05) is 12.2 Å².